The van der Waals surface area contributed by atoms with Crippen LogP contribution in [0.1, 0.15) is 24.3 Å². The Labute approximate surface area is 163 Å². The van der Waals surface area contributed by atoms with Crippen LogP contribution < -0.4 is 5.32 Å². The number of alkyl halides is 2. The van der Waals surface area contributed by atoms with Crippen LogP contribution >= 0.6 is 0 Å². The molecule has 2 fully saturated rings. The molecule has 3 aromatic rings. The molecule has 2 N–H and O–H groups in total. The quantitative estimate of drug-likeness (QED) is 0.694. The van der Waals surface area contributed by atoms with Gasteiger partial charge in [-0.2, -0.15) is 0 Å². The molecule has 0 radical (unpaired) electrons. The van der Waals surface area contributed by atoms with Gasteiger partial charge >= 0.3 is 0 Å². The van der Waals surface area contributed by atoms with E-state index in [2.05, 4.69) is 20.4 Å². The van der Waals surface area contributed by atoms with Crippen LogP contribution in [0.15, 0.2) is 30.6 Å². The third-order valence-corrected chi connectivity index (χ3v) is 5.39. The maximum Gasteiger partial charge on any atom is 0.255 e. The fourth-order valence-corrected chi connectivity index (χ4v) is 3.60. The molecule has 1 saturated carbocycles. The van der Waals surface area contributed by atoms with Gasteiger partial charge in [-0.1, -0.05) is 6.07 Å². The molecule has 4 heterocycles. The summed E-state index contributed by atoms with van der Waals surface area (Å²) in [6.45, 7) is 0.732. The summed E-state index contributed by atoms with van der Waals surface area (Å²) in [5.74, 6) is -3.75. The second-order valence-electron chi connectivity index (χ2n) is 7.43. The van der Waals surface area contributed by atoms with Crippen LogP contribution in [0.4, 0.5) is 19.1 Å². The van der Waals surface area contributed by atoms with Crippen LogP contribution in [0, 0.1) is 5.82 Å². The number of pyridine rings is 1. The largest absolute Gasteiger partial charge is 0.389 e. The molecule has 5 rings (SSSR count). The number of nitrogens with one attached hydrogen (secondary N) is 1. The van der Waals surface area contributed by atoms with Crippen molar-refractivity contribution in [1.82, 2.24) is 19.6 Å². The van der Waals surface area contributed by atoms with Crippen LogP contribution in [0.25, 0.3) is 16.9 Å². The number of ether oxygens (including phenoxy) is 1. The maximum absolute atomic E-state index is 14.4. The predicted octanol–water partition coefficient (Wildman–Crippen LogP) is 2.61. The summed E-state index contributed by atoms with van der Waals surface area (Å²) in [5.41, 5.74) is 1.42. The van der Waals surface area contributed by atoms with E-state index in [1.54, 1.807) is 12.1 Å². The van der Waals surface area contributed by atoms with Crippen LogP contribution in [-0.4, -0.2) is 56.0 Å². The first kappa shape index (κ1) is 18.3. The summed E-state index contributed by atoms with van der Waals surface area (Å²) >= 11 is 0. The number of halogens is 3. The molecular weight excluding hydrogens is 387 g/mol. The van der Waals surface area contributed by atoms with Gasteiger partial charge in [-0.25, -0.2) is 22.7 Å². The first-order chi connectivity index (χ1) is 13.9. The lowest BCUT2D eigenvalue weighted by molar-refractivity contribution is -0.0136. The molecule has 1 aliphatic carbocycles. The molecule has 1 unspecified atom stereocenters. The zero-order valence-electron chi connectivity index (χ0n) is 15.2. The standard InChI is InChI=1S/C19H18F3N5O2/c20-12-5-15(13-2-1-10(7-23-13)11-6-19(11,21)22)27-16(12)8-24-18(26-27)25-14-3-4-29-9-17(14)28/h1-2,5,7-8,11,14,17,28H,3-4,6,9H2,(H,25,26)/t11?,14-,17-/m1/s1. The fourth-order valence-electron chi connectivity index (χ4n) is 3.60. The lowest BCUT2D eigenvalue weighted by Crippen LogP contribution is -2.42. The minimum absolute atomic E-state index is 0.165. The normalized spacial score (nSPS) is 25.9. The average molecular weight is 405 g/mol. The van der Waals surface area contributed by atoms with Gasteiger partial charge in [-0.3, -0.25) is 4.98 Å². The average Bonchev–Trinajstić information content (AvgIpc) is 3.23. The molecule has 1 saturated heterocycles. The molecule has 0 aromatic carbocycles. The highest BCUT2D eigenvalue weighted by atomic mass is 19.3. The van der Waals surface area contributed by atoms with Gasteiger partial charge < -0.3 is 15.2 Å². The second kappa shape index (κ2) is 6.67. The highest BCUT2D eigenvalue weighted by Gasteiger charge is 2.57. The molecule has 0 amide bonds. The number of hydrogen-bond donors (Lipinski definition) is 2. The van der Waals surface area contributed by atoms with Crippen LogP contribution in [0.2, 0.25) is 0 Å². The Morgan fingerprint density at radius 3 is 2.76 bits per heavy atom. The molecular formula is C19H18F3N5O2. The van der Waals surface area contributed by atoms with Gasteiger partial charge in [0.2, 0.25) is 5.95 Å². The minimum atomic E-state index is -2.67. The molecule has 0 spiro atoms. The van der Waals surface area contributed by atoms with Gasteiger partial charge in [0.1, 0.15) is 5.52 Å². The van der Waals surface area contributed by atoms with E-state index in [1.165, 1.54) is 23.0 Å². The SMILES string of the molecule is O[C@@H]1COCC[C@H]1Nc1ncc2c(F)cc(-c3ccc(C4CC4(F)F)cn3)n2n1. The molecule has 3 atom stereocenters. The highest BCUT2D eigenvalue weighted by Crippen LogP contribution is 2.55. The molecule has 3 aromatic heterocycles. The minimum Gasteiger partial charge on any atom is -0.389 e. The Hall–Kier alpha value is -2.72. The lowest BCUT2D eigenvalue weighted by Gasteiger charge is -2.28. The molecule has 152 valence electrons. The zero-order chi connectivity index (χ0) is 20.2. The number of aromatic nitrogens is 4. The molecule has 29 heavy (non-hydrogen) atoms. The van der Waals surface area contributed by atoms with Gasteiger partial charge in [0.25, 0.3) is 5.92 Å². The van der Waals surface area contributed by atoms with Crippen LogP contribution in [-0.2, 0) is 4.74 Å². The number of hydrogen-bond acceptors (Lipinski definition) is 6. The number of fused-ring (bicyclic) bond motifs is 1. The summed E-state index contributed by atoms with van der Waals surface area (Å²) in [6.07, 6.45) is 2.47. The van der Waals surface area contributed by atoms with E-state index in [1.807, 2.05) is 0 Å². The predicted molar refractivity (Wildman–Crippen MR) is 97.3 cm³/mol. The van der Waals surface area contributed by atoms with Gasteiger partial charge in [-0.15, -0.1) is 5.10 Å². The van der Waals surface area contributed by atoms with Crippen molar-refractivity contribution in [1.29, 1.82) is 0 Å². The Morgan fingerprint density at radius 1 is 1.24 bits per heavy atom. The Balaban J connectivity index is 1.46. The van der Waals surface area contributed by atoms with Crippen molar-refractivity contribution in [2.24, 2.45) is 0 Å². The van der Waals surface area contributed by atoms with Crippen molar-refractivity contribution < 1.29 is 23.0 Å². The van der Waals surface area contributed by atoms with Gasteiger partial charge in [0.15, 0.2) is 5.82 Å². The third-order valence-electron chi connectivity index (χ3n) is 5.39. The van der Waals surface area contributed by atoms with Crippen molar-refractivity contribution in [3.8, 4) is 11.4 Å². The molecule has 2 aliphatic rings. The maximum atomic E-state index is 14.4. The first-order valence-electron chi connectivity index (χ1n) is 9.33. The lowest BCUT2D eigenvalue weighted by atomic mass is 10.1. The number of anilines is 1. The van der Waals surface area contributed by atoms with Crippen molar-refractivity contribution >= 4 is 11.5 Å². The number of nitrogens with zero attached hydrogens (tertiary/aromatic N) is 4. The zero-order valence-corrected chi connectivity index (χ0v) is 15.2. The summed E-state index contributed by atoms with van der Waals surface area (Å²) in [7, 11) is 0. The Morgan fingerprint density at radius 2 is 2.07 bits per heavy atom. The fraction of sp³-hybridized carbons (Fsp3) is 0.421. The van der Waals surface area contributed by atoms with E-state index in [0.717, 1.165) is 0 Å². The van der Waals surface area contributed by atoms with Crippen LogP contribution in [0.5, 0.6) is 0 Å². The molecule has 7 nitrogen and oxygen atoms in total. The van der Waals surface area contributed by atoms with E-state index >= 15 is 0 Å². The molecule has 0 bridgehead atoms. The van der Waals surface area contributed by atoms with Gasteiger partial charge in [-0.05, 0) is 18.1 Å². The second-order valence-corrected chi connectivity index (χ2v) is 7.43. The van der Waals surface area contributed by atoms with E-state index in [4.69, 9.17) is 4.74 Å². The van der Waals surface area contributed by atoms with E-state index < -0.39 is 23.8 Å². The Bertz CT molecular complexity index is 1060. The molecule has 1 aliphatic heterocycles. The topological polar surface area (TPSA) is 84.6 Å². The summed E-state index contributed by atoms with van der Waals surface area (Å²) in [4.78, 5) is 8.36. The van der Waals surface area contributed by atoms with E-state index in [0.29, 0.717) is 30.0 Å². The van der Waals surface area contributed by atoms with E-state index in [-0.39, 0.29) is 30.5 Å². The number of rotatable bonds is 4. The van der Waals surface area contributed by atoms with Gasteiger partial charge in [0.05, 0.1) is 42.3 Å². The van der Waals surface area contributed by atoms with Crippen molar-refractivity contribution in [3.63, 3.8) is 0 Å². The first-order valence-corrected chi connectivity index (χ1v) is 9.33. The highest BCUT2D eigenvalue weighted by molar-refractivity contribution is 5.64. The van der Waals surface area contributed by atoms with Crippen molar-refractivity contribution in [2.75, 3.05) is 18.5 Å². The van der Waals surface area contributed by atoms with Crippen molar-refractivity contribution in [3.05, 3.63) is 42.0 Å². The monoisotopic (exact) mass is 405 g/mol. The number of aliphatic hydroxyl groups is 1. The van der Waals surface area contributed by atoms with Crippen LogP contribution in [0.3, 0.4) is 0 Å². The summed E-state index contributed by atoms with van der Waals surface area (Å²) in [5, 5.41) is 17.4. The summed E-state index contributed by atoms with van der Waals surface area (Å²) in [6, 6.07) is 4.18. The van der Waals surface area contributed by atoms with Crippen molar-refractivity contribution in [2.45, 2.75) is 36.8 Å². The smallest absolute Gasteiger partial charge is 0.255 e. The number of aliphatic hydroxyl groups excluding tert-OH is 1. The van der Waals surface area contributed by atoms with E-state index in [9.17, 15) is 18.3 Å². The Kier molecular flexibility index (Phi) is 4.21. The molecule has 10 heteroatoms. The third kappa shape index (κ3) is 3.32. The summed E-state index contributed by atoms with van der Waals surface area (Å²) < 4.78 is 47.4. The van der Waals surface area contributed by atoms with Gasteiger partial charge in [0, 0.05) is 25.3 Å².